The van der Waals surface area contributed by atoms with Crippen molar-refractivity contribution in [3.63, 3.8) is 0 Å². The van der Waals surface area contributed by atoms with E-state index in [0.29, 0.717) is 9.87 Å². The summed E-state index contributed by atoms with van der Waals surface area (Å²) >= 11 is 0. The molecule has 14 nitrogen and oxygen atoms in total. The zero-order valence-electron chi connectivity index (χ0n) is 25.0. The van der Waals surface area contributed by atoms with E-state index < -0.39 is 64.0 Å². The average Bonchev–Trinajstić information content (AvgIpc) is 3.31. The van der Waals surface area contributed by atoms with Gasteiger partial charge in [-0.1, -0.05) is 49.6 Å². The topological polar surface area (TPSA) is 175 Å². The van der Waals surface area contributed by atoms with E-state index in [2.05, 4.69) is 23.9 Å². The number of nitrogens with one attached hydrogen (secondary N) is 3. The summed E-state index contributed by atoms with van der Waals surface area (Å²) in [5.41, 5.74) is 2.66. The number of anilines is 1. The van der Waals surface area contributed by atoms with Crippen molar-refractivity contribution in [2.45, 2.75) is 25.5 Å². The molecule has 1 atom stereocenters. The maximum atomic E-state index is 16.1. The minimum atomic E-state index is -4.40. The maximum absolute atomic E-state index is 16.1. The molecule has 3 aromatic rings. The fraction of sp³-hybridized carbons (Fsp3) is 0.194. The lowest BCUT2D eigenvalue weighted by atomic mass is 10.0. The fourth-order valence-corrected chi connectivity index (χ4v) is 6.26. The minimum Gasteiger partial charge on any atom is -0.487 e. The molecule has 3 aromatic carbocycles. The molecule has 2 fully saturated rings. The van der Waals surface area contributed by atoms with Crippen LogP contribution < -0.4 is 24.5 Å². The zero-order chi connectivity index (χ0) is 34.0. The molecular formula is C31H29FN6O8S. The van der Waals surface area contributed by atoms with Gasteiger partial charge in [-0.3, -0.25) is 34.8 Å². The van der Waals surface area contributed by atoms with Gasteiger partial charge in [0.25, 0.3) is 11.8 Å². The molecular weight excluding hydrogens is 635 g/mol. The Bertz CT molecular complexity index is 1950. The van der Waals surface area contributed by atoms with Crippen LogP contribution in [0.15, 0.2) is 79.5 Å². The number of urea groups is 1. The number of ether oxygens (including phenoxy) is 1. The Kier molecular flexibility index (Phi) is 8.97. The maximum Gasteiger partial charge on any atom is 0.343 e. The van der Waals surface area contributed by atoms with E-state index in [4.69, 9.17) is 4.74 Å². The highest BCUT2D eigenvalue weighted by Crippen LogP contribution is 2.40. The van der Waals surface area contributed by atoms with Crippen molar-refractivity contribution in [3.8, 4) is 5.75 Å². The second-order valence-corrected chi connectivity index (χ2v) is 12.2. The van der Waals surface area contributed by atoms with Crippen LogP contribution in [0.2, 0.25) is 0 Å². The van der Waals surface area contributed by atoms with E-state index in [0.717, 1.165) is 9.91 Å². The van der Waals surface area contributed by atoms with Crippen LogP contribution in [0.5, 0.6) is 5.75 Å². The van der Waals surface area contributed by atoms with Crippen LogP contribution in [-0.2, 0) is 31.2 Å². The highest BCUT2D eigenvalue weighted by atomic mass is 32.2. The van der Waals surface area contributed by atoms with Gasteiger partial charge in [0.15, 0.2) is 5.82 Å². The van der Waals surface area contributed by atoms with Crippen LogP contribution in [0, 0.1) is 5.82 Å². The molecule has 0 aromatic heterocycles. The Morgan fingerprint density at radius 3 is 2.49 bits per heavy atom. The number of allylic oxidation sites excluding steroid dienone is 1. The van der Waals surface area contributed by atoms with Crippen LogP contribution >= 0.6 is 0 Å². The Morgan fingerprint density at radius 1 is 1.13 bits per heavy atom. The third-order valence-corrected chi connectivity index (χ3v) is 8.79. The highest BCUT2D eigenvalue weighted by Gasteiger charge is 2.39. The number of piperidine rings is 1. The van der Waals surface area contributed by atoms with Crippen molar-refractivity contribution in [2.24, 2.45) is 0 Å². The molecule has 5 rings (SSSR count). The van der Waals surface area contributed by atoms with E-state index in [1.54, 1.807) is 30.3 Å². The van der Waals surface area contributed by atoms with Crippen LogP contribution in [0.25, 0.3) is 10.8 Å². The van der Waals surface area contributed by atoms with Crippen molar-refractivity contribution >= 4 is 56.3 Å². The molecule has 0 spiro atoms. The number of nitrogens with zero attached hydrogens (tertiary/aromatic N) is 3. The van der Waals surface area contributed by atoms with Crippen LogP contribution in [0.3, 0.4) is 0 Å². The number of hydrogen-bond donors (Lipinski definition) is 3. The van der Waals surface area contributed by atoms with Crippen LogP contribution in [0.4, 0.5) is 14.9 Å². The van der Waals surface area contributed by atoms with Gasteiger partial charge in [0.1, 0.15) is 30.6 Å². The van der Waals surface area contributed by atoms with E-state index in [-0.39, 0.29) is 47.2 Å². The zero-order valence-corrected chi connectivity index (χ0v) is 25.8. The summed E-state index contributed by atoms with van der Waals surface area (Å²) in [6.07, 6.45) is 1.27. The predicted molar refractivity (Wildman–Crippen MR) is 167 cm³/mol. The predicted octanol–water partition coefficient (Wildman–Crippen LogP) is 2.24. The molecule has 0 saturated carbocycles. The summed E-state index contributed by atoms with van der Waals surface area (Å²) < 4.78 is 49.7. The Balaban J connectivity index is 1.45. The van der Waals surface area contributed by atoms with Gasteiger partial charge in [-0.15, -0.1) is 0 Å². The molecule has 0 radical (unpaired) electrons. The van der Waals surface area contributed by atoms with E-state index in [9.17, 15) is 32.4 Å². The molecule has 2 aliphatic heterocycles. The van der Waals surface area contributed by atoms with Crippen molar-refractivity contribution < 1.29 is 41.5 Å². The standard InChI is InChI=1S/C31H29FN6O8S/c1-4-18(2)38(23-12-13-25(39)33-30(23)42)31(43)36(3)34-29(41)20-10-11-22-21(14-20)15-24(46-17-19-8-6-5-7-9-19)28(27(22)32)37-16-26(40)35-47(37,44)45/h4-11,14-15,23H,1-2,12-13,16-17H2,3H3,(H,34,41)(H,35,40)(H,33,39,42). The van der Waals surface area contributed by atoms with E-state index in [1.165, 1.54) is 37.4 Å². The summed E-state index contributed by atoms with van der Waals surface area (Å²) in [6, 6.07) is 12.1. The molecule has 47 heavy (non-hydrogen) atoms. The number of hydrazine groups is 1. The molecule has 1 unspecified atom stereocenters. The molecule has 0 aliphatic carbocycles. The number of carbonyl (C=O) groups excluding carboxylic acids is 5. The molecule has 16 heteroatoms. The van der Waals surface area contributed by atoms with Crippen LogP contribution in [0.1, 0.15) is 28.8 Å². The second-order valence-electron chi connectivity index (χ2n) is 10.6. The molecule has 2 heterocycles. The Morgan fingerprint density at radius 2 is 1.85 bits per heavy atom. The van der Waals surface area contributed by atoms with Gasteiger partial charge < -0.3 is 4.74 Å². The summed E-state index contributed by atoms with van der Waals surface area (Å²) in [5, 5.41) is 3.07. The first-order chi connectivity index (χ1) is 22.3. The lowest BCUT2D eigenvalue weighted by molar-refractivity contribution is -0.136. The molecule has 6 amide bonds. The molecule has 3 N–H and O–H groups in total. The third kappa shape index (κ3) is 6.62. The van der Waals surface area contributed by atoms with Crippen LogP contribution in [-0.4, -0.2) is 67.6 Å². The third-order valence-electron chi connectivity index (χ3n) is 7.41. The number of amides is 6. The van der Waals surface area contributed by atoms with E-state index >= 15 is 4.39 Å². The number of fused-ring (bicyclic) bond motifs is 1. The van der Waals surface area contributed by atoms with E-state index in [1.807, 2.05) is 4.72 Å². The SMILES string of the molecule is C=CC(=C)N(C(=O)N(C)NC(=O)c1ccc2c(F)c(N3CC(=O)NS3(=O)=O)c(OCc3ccccc3)cc2c1)C1CCC(=O)NC1=O. The number of imide groups is 1. The first kappa shape index (κ1) is 32.6. The van der Waals surface area contributed by atoms with Gasteiger partial charge in [-0.05, 0) is 41.6 Å². The minimum absolute atomic E-state index is 0.0103. The Labute approximate surface area is 268 Å². The highest BCUT2D eigenvalue weighted by molar-refractivity contribution is 7.92. The van der Waals surface area contributed by atoms with Crippen molar-refractivity contribution in [1.29, 1.82) is 0 Å². The van der Waals surface area contributed by atoms with Gasteiger partial charge >= 0.3 is 16.2 Å². The first-order valence-electron chi connectivity index (χ1n) is 14.1. The molecule has 2 saturated heterocycles. The Hall–Kier alpha value is -5.77. The van der Waals surface area contributed by atoms with Gasteiger partial charge in [0.2, 0.25) is 11.8 Å². The summed E-state index contributed by atoms with van der Waals surface area (Å²) in [7, 11) is -3.16. The second kappa shape index (κ2) is 12.9. The number of rotatable bonds is 8. The van der Waals surface area contributed by atoms with Gasteiger partial charge in [0, 0.05) is 30.1 Å². The monoisotopic (exact) mass is 664 g/mol. The summed E-state index contributed by atoms with van der Waals surface area (Å²) in [6.45, 7) is 6.60. The lowest BCUT2D eigenvalue weighted by Gasteiger charge is -2.35. The molecule has 0 bridgehead atoms. The average molecular weight is 665 g/mol. The van der Waals surface area contributed by atoms with Crippen molar-refractivity contribution in [2.75, 3.05) is 17.9 Å². The largest absolute Gasteiger partial charge is 0.487 e. The van der Waals surface area contributed by atoms with Gasteiger partial charge in [0.05, 0.1) is 0 Å². The number of carbonyl (C=O) groups is 5. The molecule has 244 valence electrons. The van der Waals surface area contributed by atoms with Crippen molar-refractivity contribution in [1.82, 2.24) is 25.4 Å². The summed E-state index contributed by atoms with van der Waals surface area (Å²) in [4.78, 5) is 63.8. The number of hydrogen-bond acceptors (Lipinski definition) is 8. The quantitative estimate of drug-likeness (QED) is 0.187. The lowest BCUT2D eigenvalue weighted by Crippen LogP contribution is -2.58. The summed E-state index contributed by atoms with van der Waals surface area (Å²) in [5.74, 6) is -4.04. The van der Waals surface area contributed by atoms with Gasteiger partial charge in [-0.2, -0.15) is 8.42 Å². The molecule has 2 aliphatic rings. The van der Waals surface area contributed by atoms with Gasteiger partial charge in [-0.25, -0.2) is 23.2 Å². The fourth-order valence-electron chi connectivity index (χ4n) is 5.10. The van der Waals surface area contributed by atoms with Crippen molar-refractivity contribution in [3.05, 3.63) is 96.5 Å². The normalized spacial score (nSPS) is 17.0. The number of halogens is 1. The number of benzene rings is 3. The smallest absolute Gasteiger partial charge is 0.343 e. The first-order valence-corrected chi connectivity index (χ1v) is 15.5.